The van der Waals surface area contributed by atoms with Crippen LogP contribution in [0, 0.1) is 0 Å². The first-order valence-electron chi connectivity index (χ1n) is 7.04. The first kappa shape index (κ1) is 12.2. The summed E-state index contributed by atoms with van der Waals surface area (Å²) in [6.45, 7) is 0. The molecule has 1 aliphatic rings. The average Bonchev–Trinajstić information content (AvgIpc) is 3.04. The standard InChI is InChI=1S/C15H19N3O/c19-15(16-11-5-1-2-6-11)10-9-14-17-12-7-3-4-8-13(12)18-14/h3-4,7-8,11H,1-2,5-6,9-10H2,(H,16,19)(H,17,18). The van der Waals surface area contributed by atoms with Crippen LogP contribution in [0.2, 0.25) is 0 Å². The molecule has 1 amide bonds. The van der Waals surface area contributed by atoms with E-state index in [4.69, 9.17) is 0 Å². The van der Waals surface area contributed by atoms with Crippen molar-refractivity contribution in [2.75, 3.05) is 0 Å². The van der Waals surface area contributed by atoms with Crippen molar-refractivity contribution in [2.24, 2.45) is 0 Å². The molecule has 1 fully saturated rings. The molecule has 0 bridgehead atoms. The van der Waals surface area contributed by atoms with Gasteiger partial charge in [0.05, 0.1) is 11.0 Å². The zero-order valence-electron chi connectivity index (χ0n) is 11.0. The number of fused-ring (bicyclic) bond motifs is 1. The lowest BCUT2D eigenvalue weighted by atomic mass is 10.2. The Morgan fingerprint density at radius 2 is 2.11 bits per heavy atom. The minimum Gasteiger partial charge on any atom is -0.353 e. The maximum absolute atomic E-state index is 11.8. The number of rotatable bonds is 4. The minimum absolute atomic E-state index is 0.146. The van der Waals surface area contributed by atoms with Crippen LogP contribution in [0.5, 0.6) is 0 Å². The summed E-state index contributed by atoms with van der Waals surface area (Å²) in [5.74, 6) is 1.04. The monoisotopic (exact) mass is 257 g/mol. The lowest BCUT2D eigenvalue weighted by molar-refractivity contribution is -0.121. The van der Waals surface area contributed by atoms with Gasteiger partial charge in [-0.15, -0.1) is 0 Å². The fourth-order valence-electron chi connectivity index (χ4n) is 2.73. The number of benzene rings is 1. The van der Waals surface area contributed by atoms with Gasteiger partial charge in [-0.1, -0.05) is 25.0 Å². The molecule has 2 N–H and O–H groups in total. The molecule has 0 aliphatic heterocycles. The first-order valence-corrected chi connectivity index (χ1v) is 7.04. The van der Waals surface area contributed by atoms with Crippen LogP contribution in [0.15, 0.2) is 24.3 Å². The molecule has 0 radical (unpaired) electrons. The van der Waals surface area contributed by atoms with E-state index in [1.807, 2.05) is 24.3 Å². The summed E-state index contributed by atoms with van der Waals surface area (Å²) in [4.78, 5) is 19.6. The van der Waals surface area contributed by atoms with Crippen LogP contribution in [-0.4, -0.2) is 21.9 Å². The second kappa shape index (κ2) is 5.43. The van der Waals surface area contributed by atoms with Gasteiger partial charge in [-0.25, -0.2) is 4.98 Å². The summed E-state index contributed by atoms with van der Waals surface area (Å²) in [5, 5.41) is 3.10. The summed E-state index contributed by atoms with van der Waals surface area (Å²) in [6, 6.07) is 8.35. The fraction of sp³-hybridized carbons (Fsp3) is 0.467. The van der Waals surface area contributed by atoms with Crippen LogP contribution < -0.4 is 5.32 Å². The maximum Gasteiger partial charge on any atom is 0.220 e. The van der Waals surface area contributed by atoms with Crippen molar-refractivity contribution in [3.63, 3.8) is 0 Å². The molecule has 19 heavy (non-hydrogen) atoms. The average molecular weight is 257 g/mol. The first-order chi connectivity index (χ1) is 9.31. The predicted molar refractivity (Wildman–Crippen MR) is 74.8 cm³/mol. The van der Waals surface area contributed by atoms with Crippen LogP contribution in [-0.2, 0) is 11.2 Å². The molecule has 1 saturated carbocycles. The van der Waals surface area contributed by atoms with Crippen molar-refractivity contribution >= 4 is 16.9 Å². The number of H-pyrrole nitrogens is 1. The Labute approximate surface area is 112 Å². The van der Waals surface area contributed by atoms with Gasteiger partial charge in [0, 0.05) is 18.9 Å². The third-order valence-electron chi connectivity index (χ3n) is 3.75. The van der Waals surface area contributed by atoms with Crippen LogP contribution >= 0.6 is 0 Å². The minimum atomic E-state index is 0.146. The van der Waals surface area contributed by atoms with Crippen molar-refractivity contribution in [2.45, 2.75) is 44.6 Å². The van der Waals surface area contributed by atoms with Gasteiger partial charge in [-0.2, -0.15) is 0 Å². The number of amides is 1. The van der Waals surface area contributed by atoms with Crippen LogP contribution in [0.4, 0.5) is 0 Å². The van der Waals surface area contributed by atoms with E-state index in [9.17, 15) is 4.79 Å². The van der Waals surface area contributed by atoms with Crippen molar-refractivity contribution in [1.29, 1.82) is 0 Å². The number of para-hydroxylation sites is 2. The highest BCUT2D eigenvalue weighted by atomic mass is 16.1. The Morgan fingerprint density at radius 1 is 1.32 bits per heavy atom. The summed E-state index contributed by atoms with van der Waals surface area (Å²) in [6.07, 6.45) is 5.94. The van der Waals surface area contributed by atoms with E-state index >= 15 is 0 Å². The van der Waals surface area contributed by atoms with E-state index < -0.39 is 0 Å². The number of nitrogens with zero attached hydrogens (tertiary/aromatic N) is 1. The number of aromatic amines is 1. The quantitative estimate of drug-likeness (QED) is 0.884. The number of aryl methyl sites for hydroxylation is 1. The molecule has 4 nitrogen and oxygen atoms in total. The number of carbonyl (C=O) groups excluding carboxylic acids is 1. The van der Waals surface area contributed by atoms with Gasteiger partial charge in [0.25, 0.3) is 0 Å². The number of nitrogens with one attached hydrogen (secondary N) is 2. The van der Waals surface area contributed by atoms with E-state index in [0.29, 0.717) is 18.9 Å². The predicted octanol–water partition coefficient (Wildman–Crippen LogP) is 2.55. The largest absolute Gasteiger partial charge is 0.353 e. The molecule has 0 atom stereocenters. The van der Waals surface area contributed by atoms with Crippen molar-refractivity contribution in [3.8, 4) is 0 Å². The highest BCUT2D eigenvalue weighted by Gasteiger charge is 2.17. The van der Waals surface area contributed by atoms with Gasteiger partial charge < -0.3 is 10.3 Å². The van der Waals surface area contributed by atoms with E-state index in [1.165, 1.54) is 12.8 Å². The second-order valence-corrected chi connectivity index (χ2v) is 5.25. The summed E-state index contributed by atoms with van der Waals surface area (Å²) < 4.78 is 0. The third kappa shape index (κ3) is 2.95. The molecular weight excluding hydrogens is 238 g/mol. The zero-order chi connectivity index (χ0) is 13.1. The molecule has 1 aromatic carbocycles. The maximum atomic E-state index is 11.8. The zero-order valence-corrected chi connectivity index (χ0v) is 11.0. The van der Waals surface area contributed by atoms with Crippen molar-refractivity contribution in [3.05, 3.63) is 30.1 Å². The molecule has 0 unspecified atom stereocenters. The molecule has 1 heterocycles. The van der Waals surface area contributed by atoms with E-state index in [1.54, 1.807) is 0 Å². The van der Waals surface area contributed by atoms with Gasteiger partial charge in [0.15, 0.2) is 0 Å². The SMILES string of the molecule is O=C(CCc1nc2ccccc2[nH]1)NC1CCCC1. The van der Waals surface area contributed by atoms with E-state index in [2.05, 4.69) is 15.3 Å². The number of hydrogen-bond donors (Lipinski definition) is 2. The molecule has 100 valence electrons. The lowest BCUT2D eigenvalue weighted by Crippen LogP contribution is -2.32. The molecule has 2 aromatic rings. The second-order valence-electron chi connectivity index (χ2n) is 5.25. The Kier molecular flexibility index (Phi) is 3.49. The molecular formula is C15H19N3O. The highest BCUT2D eigenvalue weighted by Crippen LogP contribution is 2.18. The number of hydrogen-bond acceptors (Lipinski definition) is 2. The highest BCUT2D eigenvalue weighted by molar-refractivity contribution is 5.77. The summed E-state index contributed by atoms with van der Waals surface area (Å²) in [7, 11) is 0. The van der Waals surface area contributed by atoms with Crippen LogP contribution in [0.25, 0.3) is 11.0 Å². The van der Waals surface area contributed by atoms with Gasteiger partial charge in [0.2, 0.25) is 5.91 Å². The van der Waals surface area contributed by atoms with E-state index in [-0.39, 0.29) is 5.91 Å². The Bertz CT molecular complexity index is 537. The van der Waals surface area contributed by atoms with Crippen molar-refractivity contribution < 1.29 is 4.79 Å². The summed E-state index contributed by atoms with van der Waals surface area (Å²) >= 11 is 0. The topological polar surface area (TPSA) is 57.8 Å². The fourth-order valence-corrected chi connectivity index (χ4v) is 2.73. The molecule has 4 heteroatoms. The Morgan fingerprint density at radius 3 is 2.89 bits per heavy atom. The van der Waals surface area contributed by atoms with E-state index in [0.717, 1.165) is 29.7 Å². The molecule has 0 saturated heterocycles. The van der Waals surface area contributed by atoms with Crippen LogP contribution in [0.3, 0.4) is 0 Å². The third-order valence-corrected chi connectivity index (χ3v) is 3.75. The number of aromatic nitrogens is 2. The summed E-state index contributed by atoms with van der Waals surface area (Å²) in [5.41, 5.74) is 2.00. The number of imidazole rings is 1. The van der Waals surface area contributed by atoms with Gasteiger partial charge in [-0.3, -0.25) is 4.79 Å². The van der Waals surface area contributed by atoms with Crippen LogP contribution in [0.1, 0.15) is 37.9 Å². The molecule has 0 spiro atoms. The molecule has 1 aliphatic carbocycles. The van der Waals surface area contributed by atoms with Gasteiger partial charge >= 0.3 is 0 Å². The Balaban J connectivity index is 1.54. The molecule has 3 rings (SSSR count). The lowest BCUT2D eigenvalue weighted by Gasteiger charge is -2.10. The molecule has 1 aromatic heterocycles. The van der Waals surface area contributed by atoms with Gasteiger partial charge in [-0.05, 0) is 25.0 Å². The smallest absolute Gasteiger partial charge is 0.220 e. The van der Waals surface area contributed by atoms with Crippen molar-refractivity contribution in [1.82, 2.24) is 15.3 Å². The number of carbonyl (C=O) groups is 1. The normalized spacial score (nSPS) is 16.0. The Hall–Kier alpha value is -1.84. The van der Waals surface area contributed by atoms with Gasteiger partial charge in [0.1, 0.15) is 5.82 Å².